The molecule has 0 heterocycles. The number of carbonyl (C=O) groups excluding carboxylic acids is 2. The average Bonchev–Trinajstić information content (AvgIpc) is 2.46. The number of nitrogens with two attached hydrogens (primary N) is 1. The second-order valence-electron chi connectivity index (χ2n) is 5.35. The molecule has 6 N–H and O–H groups in total. The molecule has 1 aromatic carbocycles. The van der Waals surface area contributed by atoms with E-state index in [2.05, 4.69) is 11.1 Å². The predicted molar refractivity (Wildman–Crippen MR) is 82.0 cm³/mol. The Morgan fingerprint density at radius 1 is 1.32 bits per heavy atom. The van der Waals surface area contributed by atoms with Crippen LogP contribution in [-0.4, -0.2) is 45.1 Å². The molecule has 0 aliphatic rings. The first kappa shape index (κ1) is 17.9. The van der Waals surface area contributed by atoms with Crippen LogP contribution in [0.4, 0.5) is 11.4 Å². The van der Waals surface area contributed by atoms with Gasteiger partial charge in [0.25, 0.3) is 0 Å². The summed E-state index contributed by atoms with van der Waals surface area (Å²) in [4.78, 5) is 24.9. The molecule has 22 heavy (non-hydrogen) atoms. The number of carbonyl (C=O) groups is 2. The van der Waals surface area contributed by atoms with Crippen LogP contribution in [0.5, 0.6) is 0 Å². The molecule has 7 nitrogen and oxygen atoms in total. The Kier molecular flexibility index (Phi) is 7.34. The van der Waals surface area contributed by atoms with Gasteiger partial charge in [0.05, 0.1) is 25.5 Å². The SMILES string of the molecule is CN(C)c1ccc(NC(=O)C[C@H]([NH2+]CCC[NH3+])C(=O)[O-])cc1. The number of nitrogens with one attached hydrogen (secondary N) is 1. The number of benzene rings is 1. The van der Waals surface area contributed by atoms with Gasteiger partial charge in [0.15, 0.2) is 0 Å². The van der Waals surface area contributed by atoms with Gasteiger partial charge >= 0.3 is 0 Å². The van der Waals surface area contributed by atoms with Crippen LogP contribution in [0.15, 0.2) is 24.3 Å². The average molecular weight is 309 g/mol. The number of nitrogens with zero attached hydrogens (tertiary/aromatic N) is 1. The van der Waals surface area contributed by atoms with Crippen molar-refractivity contribution in [3.8, 4) is 0 Å². The number of rotatable bonds is 9. The van der Waals surface area contributed by atoms with E-state index in [4.69, 9.17) is 0 Å². The predicted octanol–water partition coefficient (Wildman–Crippen LogP) is -2.60. The summed E-state index contributed by atoms with van der Waals surface area (Å²) in [5.41, 5.74) is 5.36. The Morgan fingerprint density at radius 3 is 2.45 bits per heavy atom. The molecule has 0 aromatic heterocycles. The van der Waals surface area contributed by atoms with Crippen molar-refractivity contribution in [1.82, 2.24) is 0 Å². The van der Waals surface area contributed by atoms with Gasteiger partial charge in [-0.1, -0.05) is 0 Å². The van der Waals surface area contributed by atoms with Crippen LogP contribution < -0.4 is 26.4 Å². The fraction of sp³-hybridized carbons (Fsp3) is 0.467. The first-order valence-electron chi connectivity index (χ1n) is 7.34. The third kappa shape index (κ3) is 6.11. The number of quaternary nitrogens is 2. The molecule has 0 spiro atoms. The fourth-order valence-electron chi connectivity index (χ4n) is 1.98. The van der Waals surface area contributed by atoms with Gasteiger partial charge in [0.2, 0.25) is 5.91 Å². The lowest BCUT2D eigenvalue weighted by atomic mass is 10.2. The van der Waals surface area contributed by atoms with Crippen molar-refractivity contribution in [1.29, 1.82) is 0 Å². The first-order valence-corrected chi connectivity index (χ1v) is 7.34. The molecule has 0 radical (unpaired) electrons. The van der Waals surface area contributed by atoms with Crippen molar-refractivity contribution in [3.05, 3.63) is 24.3 Å². The normalized spacial score (nSPS) is 11.8. The first-order chi connectivity index (χ1) is 10.4. The second kappa shape index (κ2) is 9.01. The lowest BCUT2D eigenvalue weighted by Gasteiger charge is -2.16. The number of aliphatic carboxylic acids is 1. The zero-order valence-electron chi connectivity index (χ0n) is 13.2. The standard InChI is InChI=1S/C15H24N4O3/c1-19(2)12-6-4-11(5-7-12)18-14(20)10-13(15(21)22)17-9-3-8-16/h4-7,13,17H,3,8-10,16H2,1-2H3,(H,18,20)(H,21,22)/p+1/t13-/m0/s1. The largest absolute Gasteiger partial charge is 0.544 e. The summed E-state index contributed by atoms with van der Waals surface area (Å²) < 4.78 is 0. The van der Waals surface area contributed by atoms with Gasteiger partial charge in [-0.25, -0.2) is 0 Å². The zero-order valence-corrected chi connectivity index (χ0v) is 13.2. The van der Waals surface area contributed by atoms with Crippen LogP contribution in [0.2, 0.25) is 0 Å². The zero-order chi connectivity index (χ0) is 16.5. The maximum atomic E-state index is 11.9. The van der Waals surface area contributed by atoms with E-state index < -0.39 is 12.0 Å². The lowest BCUT2D eigenvalue weighted by molar-refractivity contribution is -0.684. The molecule has 0 unspecified atom stereocenters. The molecule has 1 amide bonds. The molecule has 7 heteroatoms. The van der Waals surface area contributed by atoms with Crippen LogP contribution in [-0.2, 0) is 9.59 Å². The van der Waals surface area contributed by atoms with Crippen molar-refractivity contribution < 1.29 is 25.7 Å². The Hall–Kier alpha value is -2.12. The van der Waals surface area contributed by atoms with Gasteiger partial charge in [0, 0.05) is 31.9 Å². The minimum atomic E-state index is -1.22. The van der Waals surface area contributed by atoms with Crippen LogP contribution in [0, 0.1) is 0 Å². The van der Waals surface area contributed by atoms with E-state index in [1.54, 1.807) is 17.4 Å². The number of carboxylic acids is 1. The third-order valence-electron chi connectivity index (χ3n) is 3.28. The lowest BCUT2D eigenvalue weighted by Crippen LogP contribution is -2.93. The molecule has 0 aliphatic carbocycles. The highest BCUT2D eigenvalue weighted by atomic mass is 16.4. The van der Waals surface area contributed by atoms with Crippen molar-refractivity contribution >= 4 is 23.3 Å². The van der Waals surface area contributed by atoms with Gasteiger partial charge in [-0.15, -0.1) is 0 Å². The van der Waals surface area contributed by atoms with Crippen molar-refractivity contribution in [2.75, 3.05) is 37.4 Å². The molecule has 0 saturated carbocycles. The third-order valence-corrected chi connectivity index (χ3v) is 3.28. The highest BCUT2D eigenvalue weighted by Crippen LogP contribution is 2.15. The number of carboxylic acid groups (broad SMARTS) is 1. The Labute approximate surface area is 130 Å². The summed E-state index contributed by atoms with van der Waals surface area (Å²) in [7, 11) is 3.86. The van der Waals surface area contributed by atoms with Crippen LogP contribution >= 0.6 is 0 Å². The van der Waals surface area contributed by atoms with E-state index in [0.717, 1.165) is 18.7 Å². The Morgan fingerprint density at radius 2 is 1.95 bits per heavy atom. The van der Waals surface area contributed by atoms with E-state index in [0.29, 0.717) is 12.2 Å². The van der Waals surface area contributed by atoms with Crippen LogP contribution in [0.25, 0.3) is 0 Å². The highest BCUT2D eigenvalue weighted by molar-refractivity contribution is 5.93. The Bertz CT molecular complexity index is 488. The molecule has 0 saturated heterocycles. The van der Waals surface area contributed by atoms with E-state index in [9.17, 15) is 14.7 Å². The summed E-state index contributed by atoms with van der Waals surface area (Å²) >= 11 is 0. The van der Waals surface area contributed by atoms with Crippen molar-refractivity contribution in [2.45, 2.75) is 18.9 Å². The van der Waals surface area contributed by atoms with E-state index in [1.165, 1.54) is 0 Å². The van der Waals surface area contributed by atoms with Crippen LogP contribution in [0.1, 0.15) is 12.8 Å². The molecule has 1 aromatic rings. The maximum Gasteiger partial charge on any atom is 0.230 e. The molecule has 0 bridgehead atoms. The summed E-state index contributed by atoms with van der Waals surface area (Å²) in [6.45, 7) is 1.35. The number of anilines is 2. The molecule has 122 valence electrons. The van der Waals surface area contributed by atoms with Crippen LogP contribution in [0.3, 0.4) is 0 Å². The minimum Gasteiger partial charge on any atom is -0.544 e. The smallest absolute Gasteiger partial charge is 0.230 e. The van der Waals surface area contributed by atoms with E-state index in [-0.39, 0.29) is 12.3 Å². The molecular weight excluding hydrogens is 284 g/mol. The summed E-state index contributed by atoms with van der Waals surface area (Å²) in [5, 5.41) is 15.4. The minimum absolute atomic E-state index is 0.116. The van der Waals surface area contributed by atoms with Gasteiger partial charge in [0.1, 0.15) is 6.04 Å². The molecule has 0 fully saturated rings. The number of amides is 1. The maximum absolute atomic E-state index is 11.9. The van der Waals surface area contributed by atoms with E-state index in [1.807, 2.05) is 31.1 Å². The Balaban J connectivity index is 2.53. The highest BCUT2D eigenvalue weighted by Gasteiger charge is 2.18. The topological polar surface area (TPSA) is 117 Å². The van der Waals surface area contributed by atoms with E-state index >= 15 is 0 Å². The monoisotopic (exact) mass is 309 g/mol. The number of hydrogen-bond donors (Lipinski definition) is 3. The fourth-order valence-corrected chi connectivity index (χ4v) is 1.98. The summed E-state index contributed by atoms with van der Waals surface area (Å²) in [5.74, 6) is -1.56. The van der Waals surface area contributed by atoms with Crippen molar-refractivity contribution in [2.24, 2.45) is 0 Å². The molecule has 0 aliphatic heterocycles. The van der Waals surface area contributed by atoms with Gasteiger partial charge in [-0.2, -0.15) is 0 Å². The van der Waals surface area contributed by atoms with Gasteiger partial charge in [-0.3, -0.25) is 4.79 Å². The summed E-state index contributed by atoms with van der Waals surface area (Å²) in [6, 6.07) is 6.47. The van der Waals surface area contributed by atoms with Crippen molar-refractivity contribution in [3.63, 3.8) is 0 Å². The van der Waals surface area contributed by atoms with Gasteiger partial charge in [-0.05, 0) is 24.3 Å². The molecule has 1 atom stereocenters. The molecular formula is C15H25N4O3+. The summed E-state index contributed by atoms with van der Waals surface area (Å²) in [6.07, 6.45) is 0.687. The number of hydrogen-bond acceptors (Lipinski definition) is 4. The quantitative estimate of drug-likeness (QED) is 0.433. The second-order valence-corrected chi connectivity index (χ2v) is 5.35. The molecule has 1 rings (SSSR count). The van der Waals surface area contributed by atoms with Gasteiger partial charge < -0.3 is 31.2 Å².